The average molecular weight is 226 g/mol. The zero-order valence-electron chi connectivity index (χ0n) is 9.73. The molecule has 1 N–H and O–H groups in total. The lowest BCUT2D eigenvalue weighted by Gasteiger charge is -2.24. The van der Waals surface area contributed by atoms with Crippen molar-refractivity contribution in [3.8, 4) is 0 Å². The van der Waals surface area contributed by atoms with Crippen LogP contribution >= 0.6 is 0 Å². The molecule has 0 aromatic carbocycles. The highest BCUT2D eigenvalue weighted by Gasteiger charge is 2.17. The Morgan fingerprint density at radius 1 is 1.62 bits per heavy atom. The van der Waals surface area contributed by atoms with Crippen molar-refractivity contribution in [1.82, 2.24) is 10.3 Å². The van der Waals surface area contributed by atoms with E-state index < -0.39 is 0 Å². The van der Waals surface area contributed by atoms with Gasteiger partial charge in [-0.05, 0) is 20.3 Å². The van der Waals surface area contributed by atoms with Gasteiger partial charge in [0.2, 0.25) is 5.89 Å². The Morgan fingerprint density at radius 3 is 3.12 bits per heavy atom. The summed E-state index contributed by atoms with van der Waals surface area (Å²) in [6, 6.07) is 0.111. The zero-order valence-corrected chi connectivity index (χ0v) is 9.73. The van der Waals surface area contributed by atoms with Gasteiger partial charge in [-0.15, -0.1) is 0 Å². The van der Waals surface area contributed by atoms with Crippen LogP contribution in [0.4, 0.5) is 0 Å². The van der Waals surface area contributed by atoms with Crippen molar-refractivity contribution in [2.75, 3.05) is 19.9 Å². The molecule has 5 heteroatoms. The van der Waals surface area contributed by atoms with Crippen LogP contribution in [0.5, 0.6) is 0 Å². The summed E-state index contributed by atoms with van der Waals surface area (Å²) in [5.41, 5.74) is 0. The highest BCUT2D eigenvalue weighted by Crippen LogP contribution is 2.13. The van der Waals surface area contributed by atoms with Crippen molar-refractivity contribution >= 4 is 0 Å². The fourth-order valence-corrected chi connectivity index (χ4v) is 1.63. The molecule has 1 aromatic heterocycles. The Hall–Kier alpha value is -0.910. The molecule has 5 nitrogen and oxygen atoms in total. The van der Waals surface area contributed by atoms with Crippen LogP contribution in [-0.2, 0) is 9.47 Å². The Kier molecular flexibility index (Phi) is 3.93. The molecule has 1 aromatic rings. The summed E-state index contributed by atoms with van der Waals surface area (Å²) in [7, 11) is 0. The molecule has 1 saturated heterocycles. The van der Waals surface area contributed by atoms with Gasteiger partial charge < -0.3 is 19.2 Å². The number of hydrogen-bond donors (Lipinski definition) is 1. The normalized spacial score (nSPS) is 23.2. The smallest absolute Gasteiger partial charge is 0.211 e. The summed E-state index contributed by atoms with van der Waals surface area (Å²) in [4.78, 5) is 4.18. The second-order valence-corrected chi connectivity index (χ2v) is 4.04. The minimum Gasteiger partial charge on any atom is -0.444 e. The van der Waals surface area contributed by atoms with Gasteiger partial charge in [-0.3, -0.25) is 0 Å². The molecule has 0 amide bonds. The van der Waals surface area contributed by atoms with Crippen molar-refractivity contribution in [1.29, 1.82) is 0 Å². The van der Waals surface area contributed by atoms with Crippen molar-refractivity contribution < 1.29 is 13.9 Å². The van der Waals surface area contributed by atoms with E-state index in [1.165, 1.54) is 0 Å². The van der Waals surface area contributed by atoms with Crippen LogP contribution in [0.15, 0.2) is 10.6 Å². The summed E-state index contributed by atoms with van der Waals surface area (Å²) in [6.45, 7) is 5.90. The average Bonchev–Trinajstić information content (AvgIpc) is 2.74. The predicted molar refractivity (Wildman–Crippen MR) is 58.0 cm³/mol. The van der Waals surface area contributed by atoms with Crippen LogP contribution in [0.2, 0.25) is 0 Å². The van der Waals surface area contributed by atoms with E-state index >= 15 is 0 Å². The van der Waals surface area contributed by atoms with Gasteiger partial charge in [0.05, 0.1) is 24.9 Å². The highest BCUT2D eigenvalue weighted by atomic mass is 16.7. The molecular weight excluding hydrogens is 208 g/mol. The van der Waals surface area contributed by atoms with Gasteiger partial charge in [0.15, 0.2) is 0 Å². The van der Waals surface area contributed by atoms with E-state index in [4.69, 9.17) is 13.9 Å². The van der Waals surface area contributed by atoms with Gasteiger partial charge in [0, 0.05) is 6.54 Å². The van der Waals surface area contributed by atoms with Crippen molar-refractivity contribution in [2.45, 2.75) is 32.4 Å². The van der Waals surface area contributed by atoms with Crippen molar-refractivity contribution in [3.63, 3.8) is 0 Å². The molecule has 2 heterocycles. The number of aryl methyl sites for hydroxylation is 1. The monoisotopic (exact) mass is 226 g/mol. The molecule has 0 saturated carbocycles. The van der Waals surface area contributed by atoms with E-state index in [1.54, 1.807) is 6.20 Å². The minimum atomic E-state index is 0.111. The predicted octanol–water partition coefficient (Wildman–Crippen LogP) is 1.40. The van der Waals surface area contributed by atoms with E-state index in [1.807, 2.05) is 13.8 Å². The number of hydrogen-bond acceptors (Lipinski definition) is 5. The number of nitrogens with one attached hydrogen (secondary N) is 1. The Morgan fingerprint density at radius 2 is 2.50 bits per heavy atom. The van der Waals surface area contributed by atoms with Crippen LogP contribution < -0.4 is 5.32 Å². The van der Waals surface area contributed by atoms with E-state index in [-0.39, 0.29) is 12.1 Å². The van der Waals surface area contributed by atoms with Crippen LogP contribution in [-0.4, -0.2) is 31.0 Å². The van der Waals surface area contributed by atoms with Gasteiger partial charge >= 0.3 is 0 Å². The number of nitrogens with zero attached hydrogens (tertiary/aromatic N) is 1. The summed E-state index contributed by atoms with van der Waals surface area (Å²) in [5.74, 6) is 1.57. The summed E-state index contributed by atoms with van der Waals surface area (Å²) < 4.78 is 16.0. The standard InChI is InChI=1S/C11H18N2O3/c1-8-5-13-11(16-8)9(2)12-6-10-3-4-14-7-15-10/h5,9-10,12H,3-4,6-7H2,1-2H3. The molecule has 2 rings (SSSR count). The van der Waals surface area contributed by atoms with Gasteiger partial charge in [-0.1, -0.05) is 0 Å². The van der Waals surface area contributed by atoms with Crippen LogP contribution in [0.3, 0.4) is 0 Å². The van der Waals surface area contributed by atoms with Gasteiger partial charge in [-0.25, -0.2) is 4.98 Å². The van der Waals surface area contributed by atoms with Gasteiger partial charge in [-0.2, -0.15) is 0 Å². The third-order valence-corrected chi connectivity index (χ3v) is 2.63. The first-order valence-corrected chi connectivity index (χ1v) is 5.61. The van der Waals surface area contributed by atoms with E-state index in [2.05, 4.69) is 10.3 Å². The number of ether oxygens (including phenoxy) is 2. The molecule has 0 spiro atoms. The number of aromatic nitrogens is 1. The van der Waals surface area contributed by atoms with E-state index in [0.717, 1.165) is 31.2 Å². The number of rotatable bonds is 4. The molecule has 0 aliphatic carbocycles. The maximum atomic E-state index is 5.45. The Labute approximate surface area is 95.1 Å². The largest absolute Gasteiger partial charge is 0.444 e. The first-order chi connectivity index (χ1) is 7.75. The molecule has 0 bridgehead atoms. The molecule has 90 valence electrons. The quantitative estimate of drug-likeness (QED) is 0.841. The molecule has 16 heavy (non-hydrogen) atoms. The van der Waals surface area contributed by atoms with Crippen molar-refractivity contribution in [2.24, 2.45) is 0 Å². The topological polar surface area (TPSA) is 56.5 Å². The third kappa shape index (κ3) is 3.04. The minimum absolute atomic E-state index is 0.111. The molecule has 0 radical (unpaired) electrons. The third-order valence-electron chi connectivity index (χ3n) is 2.63. The highest BCUT2D eigenvalue weighted by molar-refractivity contribution is 4.95. The van der Waals surface area contributed by atoms with Crippen LogP contribution in [0.25, 0.3) is 0 Å². The summed E-state index contributed by atoms with van der Waals surface area (Å²) in [6.07, 6.45) is 2.90. The fourth-order valence-electron chi connectivity index (χ4n) is 1.63. The lowest BCUT2D eigenvalue weighted by molar-refractivity contribution is -0.137. The van der Waals surface area contributed by atoms with Gasteiger partial charge in [0.25, 0.3) is 0 Å². The first kappa shape index (κ1) is 11.6. The van der Waals surface area contributed by atoms with Crippen molar-refractivity contribution in [3.05, 3.63) is 17.8 Å². The number of oxazole rings is 1. The lowest BCUT2D eigenvalue weighted by Crippen LogP contribution is -2.35. The maximum Gasteiger partial charge on any atom is 0.211 e. The fraction of sp³-hybridized carbons (Fsp3) is 0.727. The van der Waals surface area contributed by atoms with Crippen LogP contribution in [0, 0.1) is 6.92 Å². The molecule has 1 fully saturated rings. The SMILES string of the molecule is Cc1cnc(C(C)NCC2CCOCO2)o1. The Bertz CT molecular complexity index is 321. The first-order valence-electron chi connectivity index (χ1n) is 5.61. The lowest BCUT2D eigenvalue weighted by atomic mass is 10.2. The summed E-state index contributed by atoms with van der Waals surface area (Å²) in [5, 5.41) is 3.35. The maximum absolute atomic E-state index is 5.45. The van der Waals surface area contributed by atoms with Gasteiger partial charge in [0.1, 0.15) is 12.6 Å². The molecule has 1 aliphatic rings. The molecule has 1 aliphatic heterocycles. The zero-order chi connectivity index (χ0) is 11.4. The summed E-state index contributed by atoms with van der Waals surface area (Å²) >= 11 is 0. The Balaban J connectivity index is 1.76. The molecule has 2 atom stereocenters. The second kappa shape index (κ2) is 5.43. The molecular formula is C11H18N2O3. The van der Waals surface area contributed by atoms with Crippen LogP contribution in [0.1, 0.15) is 31.0 Å². The van der Waals surface area contributed by atoms with E-state index in [0.29, 0.717) is 6.79 Å². The molecule has 2 unspecified atom stereocenters. The second-order valence-electron chi connectivity index (χ2n) is 4.04. The van der Waals surface area contributed by atoms with E-state index in [9.17, 15) is 0 Å².